The van der Waals surface area contributed by atoms with Gasteiger partial charge in [0.2, 0.25) is 0 Å². The van der Waals surface area contributed by atoms with Gasteiger partial charge < -0.3 is 10.1 Å². The second-order valence-electron chi connectivity index (χ2n) is 5.28. The third kappa shape index (κ3) is 5.20. The number of hydrogen-bond donors (Lipinski definition) is 1. The average molecular weight is 353 g/mol. The third-order valence-electron chi connectivity index (χ3n) is 3.16. The Labute approximate surface area is 145 Å². The Kier molecular flexibility index (Phi) is 6.39. The Morgan fingerprint density at radius 1 is 1.17 bits per heavy atom. The lowest BCUT2D eigenvalue weighted by Crippen LogP contribution is -2.25. The van der Waals surface area contributed by atoms with E-state index in [-0.39, 0.29) is 27.9 Å². The smallest absolute Gasteiger partial charge is 0.271 e. The predicted octanol–water partition coefficient (Wildman–Crippen LogP) is 4.24. The lowest BCUT2D eigenvalue weighted by atomic mass is 10.1. The van der Waals surface area contributed by atoms with E-state index in [0.29, 0.717) is 13.2 Å². The molecule has 2 rings (SSSR count). The average Bonchev–Trinajstić information content (AvgIpc) is 2.53. The van der Waals surface area contributed by atoms with Crippen LogP contribution in [0.1, 0.15) is 35.5 Å². The summed E-state index contributed by atoms with van der Waals surface area (Å²) >= 11 is 11.8. The van der Waals surface area contributed by atoms with Gasteiger partial charge in [0, 0.05) is 6.54 Å². The fraction of sp³-hybridized carbons (Fsp3) is 0.294. The van der Waals surface area contributed by atoms with Crippen LogP contribution in [0, 0.1) is 0 Å². The van der Waals surface area contributed by atoms with E-state index >= 15 is 0 Å². The number of carbonyl (C=O) groups is 1. The quantitative estimate of drug-likeness (QED) is 0.790. The molecule has 0 aliphatic heterocycles. The Balaban J connectivity index is 2.06. The summed E-state index contributed by atoms with van der Waals surface area (Å²) in [5, 5.41) is 3.31. The molecule has 0 bridgehead atoms. The molecular weight excluding hydrogens is 335 g/mol. The first-order valence-corrected chi connectivity index (χ1v) is 8.01. The van der Waals surface area contributed by atoms with Crippen LogP contribution in [0.3, 0.4) is 0 Å². The van der Waals surface area contributed by atoms with Crippen molar-refractivity contribution < 1.29 is 9.53 Å². The first-order chi connectivity index (χ1) is 11.0. The molecule has 23 heavy (non-hydrogen) atoms. The minimum absolute atomic E-state index is 0.120. The summed E-state index contributed by atoms with van der Waals surface area (Å²) in [6.45, 7) is 4.83. The number of ether oxygens (including phenoxy) is 1. The molecule has 0 fully saturated rings. The van der Waals surface area contributed by atoms with Crippen LogP contribution in [0.4, 0.5) is 0 Å². The fourth-order valence-electron chi connectivity index (χ4n) is 1.96. The van der Waals surface area contributed by atoms with Crippen LogP contribution in [-0.2, 0) is 17.9 Å². The van der Waals surface area contributed by atoms with Gasteiger partial charge in [-0.05, 0) is 37.1 Å². The fourth-order valence-corrected chi connectivity index (χ4v) is 2.30. The van der Waals surface area contributed by atoms with E-state index in [4.69, 9.17) is 27.9 Å². The molecule has 0 atom stereocenters. The highest BCUT2D eigenvalue weighted by Crippen LogP contribution is 2.17. The summed E-state index contributed by atoms with van der Waals surface area (Å²) in [4.78, 5) is 16.2. The van der Waals surface area contributed by atoms with Crippen LogP contribution >= 0.6 is 23.2 Å². The SMILES string of the molecule is CC(C)OCc1ccccc1CNC(=O)c1nc(Cl)ccc1Cl. The van der Waals surface area contributed by atoms with Crippen molar-refractivity contribution in [3.05, 3.63) is 63.4 Å². The van der Waals surface area contributed by atoms with E-state index in [2.05, 4.69) is 10.3 Å². The zero-order valence-electron chi connectivity index (χ0n) is 13.0. The lowest BCUT2D eigenvalue weighted by molar-refractivity contribution is 0.0651. The van der Waals surface area contributed by atoms with Crippen molar-refractivity contribution in [3.63, 3.8) is 0 Å². The number of nitrogens with zero attached hydrogens (tertiary/aromatic N) is 1. The van der Waals surface area contributed by atoms with Gasteiger partial charge in [-0.1, -0.05) is 47.5 Å². The molecule has 1 amide bonds. The van der Waals surface area contributed by atoms with E-state index in [1.54, 1.807) is 12.1 Å². The van der Waals surface area contributed by atoms with E-state index in [1.165, 1.54) is 0 Å². The van der Waals surface area contributed by atoms with Crippen molar-refractivity contribution in [2.75, 3.05) is 0 Å². The molecule has 1 heterocycles. The minimum atomic E-state index is -0.364. The van der Waals surface area contributed by atoms with Gasteiger partial charge in [0.25, 0.3) is 5.91 Å². The van der Waals surface area contributed by atoms with Crippen molar-refractivity contribution in [3.8, 4) is 0 Å². The summed E-state index contributed by atoms with van der Waals surface area (Å²) in [7, 11) is 0. The molecule has 6 heteroatoms. The Hall–Kier alpha value is -1.62. The molecule has 0 unspecified atom stereocenters. The number of hydrogen-bond acceptors (Lipinski definition) is 3. The topological polar surface area (TPSA) is 51.2 Å². The van der Waals surface area contributed by atoms with Crippen LogP contribution in [0.5, 0.6) is 0 Å². The van der Waals surface area contributed by atoms with Gasteiger partial charge in [-0.25, -0.2) is 4.98 Å². The molecule has 2 aromatic rings. The second kappa shape index (κ2) is 8.29. The summed E-state index contributed by atoms with van der Waals surface area (Å²) in [6, 6.07) is 10.9. The van der Waals surface area contributed by atoms with Gasteiger partial charge in [-0.2, -0.15) is 0 Å². The largest absolute Gasteiger partial charge is 0.374 e. The summed E-state index contributed by atoms with van der Waals surface area (Å²) < 4.78 is 5.63. The summed E-state index contributed by atoms with van der Waals surface area (Å²) in [5.74, 6) is -0.364. The van der Waals surface area contributed by atoms with Crippen molar-refractivity contribution in [2.24, 2.45) is 0 Å². The maximum absolute atomic E-state index is 12.2. The molecule has 1 aromatic heterocycles. The highest BCUT2D eigenvalue weighted by molar-refractivity contribution is 6.34. The standard InChI is InChI=1S/C17H18Cl2N2O2/c1-11(2)23-10-13-6-4-3-5-12(13)9-20-17(22)16-14(18)7-8-15(19)21-16/h3-8,11H,9-10H2,1-2H3,(H,20,22). The van der Waals surface area contributed by atoms with E-state index in [0.717, 1.165) is 11.1 Å². The highest BCUT2D eigenvalue weighted by atomic mass is 35.5. The summed E-state index contributed by atoms with van der Waals surface area (Å²) in [5.41, 5.74) is 2.14. The number of carbonyl (C=O) groups excluding carboxylic acids is 1. The molecule has 0 aliphatic rings. The van der Waals surface area contributed by atoms with Gasteiger partial charge in [-0.3, -0.25) is 4.79 Å². The molecule has 122 valence electrons. The predicted molar refractivity (Wildman–Crippen MR) is 91.8 cm³/mol. The molecule has 0 saturated heterocycles. The van der Waals surface area contributed by atoms with E-state index in [9.17, 15) is 4.79 Å². The summed E-state index contributed by atoms with van der Waals surface area (Å²) in [6.07, 6.45) is 0.145. The van der Waals surface area contributed by atoms with Gasteiger partial charge >= 0.3 is 0 Å². The lowest BCUT2D eigenvalue weighted by Gasteiger charge is -2.13. The Morgan fingerprint density at radius 2 is 1.87 bits per heavy atom. The van der Waals surface area contributed by atoms with Gasteiger partial charge in [0.05, 0.1) is 17.7 Å². The highest BCUT2D eigenvalue weighted by Gasteiger charge is 2.13. The molecule has 1 N–H and O–H groups in total. The van der Waals surface area contributed by atoms with Crippen LogP contribution < -0.4 is 5.32 Å². The number of pyridine rings is 1. The Morgan fingerprint density at radius 3 is 2.57 bits per heavy atom. The van der Waals surface area contributed by atoms with Crippen molar-refractivity contribution in [1.29, 1.82) is 0 Å². The van der Waals surface area contributed by atoms with E-state index < -0.39 is 0 Å². The number of aromatic nitrogens is 1. The molecule has 4 nitrogen and oxygen atoms in total. The molecule has 0 spiro atoms. The minimum Gasteiger partial charge on any atom is -0.374 e. The van der Waals surface area contributed by atoms with Crippen molar-refractivity contribution >= 4 is 29.1 Å². The van der Waals surface area contributed by atoms with Gasteiger partial charge in [-0.15, -0.1) is 0 Å². The van der Waals surface area contributed by atoms with Crippen LogP contribution in [0.15, 0.2) is 36.4 Å². The zero-order chi connectivity index (χ0) is 16.8. The normalized spacial score (nSPS) is 10.8. The molecule has 1 aromatic carbocycles. The number of benzene rings is 1. The van der Waals surface area contributed by atoms with Gasteiger partial charge in [0.1, 0.15) is 10.8 Å². The van der Waals surface area contributed by atoms with Crippen molar-refractivity contribution in [1.82, 2.24) is 10.3 Å². The van der Waals surface area contributed by atoms with Crippen molar-refractivity contribution in [2.45, 2.75) is 33.1 Å². The number of rotatable bonds is 6. The first kappa shape index (κ1) is 17.7. The molecule has 0 saturated carbocycles. The third-order valence-corrected chi connectivity index (χ3v) is 3.67. The van der Waals surface area contributed by atoms with Crippen LogP contribution in [0.2, 0.25) is 10.2 Å². The molecule has 0 radical (unpaired) electrons. The maximum atomic E-state index is 12.2. The first-order valence-electron chi connectivity index (χ1n) is 7.26. The number of amides is 1. The molecule has 0 aliphatic carbocycles. The second-order valence-corrected chi connectivity index (χ2v) is 6.07. The van der Waals surface area contributed by atoms with Crippen LogP contribution in [-0.4, -0.2) is 17.0 Å². The Bertz CT molecular complexity index is 690. The number of nitrogens with one attached hydrogen (secondary N) is 1. The zero-order valence-corrected chi connectivity index (χ0v) is 14.5. The number of halogens is 2. The monoisotopic (exact) mass is 352 g/mol. The molecular formula is C17H18Cl2N2O2. The van der Waals surface area contributed by atoms with E-state index in [1.807, 2.05) is 38.1 Å². The van der Waals surface area contributed by atoms with Gasteiger partial charge in [0.15, 0.2) is 0 Å². The maximum Gasteiger partial charge on any atom is 0.271 e. The van der Waals surface area contributed by atoms with Crippen LogP contribution in [0.25, 0.3) is 0 Å².